The Kier molecular flexibility index (Phi) is 4.96. The minimum absolute atomic E-state index is 0.137. The van der Waals surface area contributed by atoms with Crippen molar-refractivity contribution < 1.29 is 19.4 Å². The maximum Gasteiger partial charge on any atom is 0.326 e. The van der Waals surface area contributed by atoms with E-state index >= 15 is 0 Å². The van der Waals surface area contributed by atoms with Crippen molar-refractivity contribution in [3.05, 3.63) is 29.3 Å². The van der Waals surface area contributed by atoms with Crippen LogP contribution < -0.4 is 4.74 Å². The predicted octanol–water partition coefficient (Wildman–Crippen LogP) is 2.82. The maximum atomic E-state index is 12.6. The number of hydrogen-bond acceptors (Lipinski definition) is 3. The summed E-state index contributed by atoms with van der Waals surface area (Å²) in [5.74, 6) is -0.639. The van der Waals surface area contributed by atoms with Gasteiger partial charge in [-0.25, -0.2) is 4.79 Å². The Morgan fingerprint density at radius 2 is 2.09 bits per heavy atom. The molecule has 1 aliphatic rings. The highest BCUT2D eigenvalue weighted by Gasteiger charge is 2.41. The second-order valence-corrected chi connectivity index (χ2v) is 6.50. The first-order chi connectivity index (χ1) is 10.3. The number of rotatable bonds is 5. The van der Waals surface area contributed by atoms with Crippen molar-refractivity contribution in [1.29, 1.82) is 0 Å². The van der Waals surface area contributed by atoms with Crippen molar-refractivity contribution in [1.82, 2.24) is 4.90 Å². The number of aliphatic carboxylic acids is 1. The molecule has 0 radical (unpaired) electrons. The van der Waals surface area contributed by atoms with Gasteiger partial charge in [0.2, 0.25) is 5.91 Å². The topological polar surface area (TPSA) is 66.8 Å². The van der Waals surface area contributed by atoms with Gasteiger partial charge in [0.05, 0.1) is 10.4 Å². The highest BCUT2D eigenvalue weighted by Crippen LogP contribution is 2.29. The van der Waals surface area contributed by atoms with Crippen LogP contribution in [0.2, 0.25) is 5.02 Å². The quantitative estimate of drug-likeness (QED) is 0.904. The summed E-state index contributed by atoms with van der Waals surface area (Å²) in [6.07, 6.45) is 1.21. The molecule has 1 N–H and O–H groups in total. The van der Waals surface area contributed by atoms with E-state index in [1.165, 1.54) is 4.90 Å². The summed E-state index contributed by atoms with van der Waals surface area (Å²) < 4.78 is 5.65. The molecule has 0 aliphatic carbocycles. The van der Waals surface area contributed by atoms with Gasteiger partial charge in [0.15, 0.2) is 0 Å². The van der Waals surface area contributed by atoms with Crippen LogP contribution in [-0.4, -0.2) is 41.1 Å². The van der Waals surface area contributed by atoms with Gasteiger partial charge in [-0.1, -0.05) is 23.7 Å². The number of hydrogen-bond donors (Lipinski definition) is 1. The zero-order chi connectivity index (χ0) is 16.3. The van der Waals surface area contributed by atoms with Gasteiger partial charge in [-0.15, -0.1) is 0 Å². The molecular weight excluding hydrogens is 306 g/mol. The normalized spacial score (nSPS) is 18.3. The first kappa shape index (κ1) is 16.6. The fourth-order valence-corrected chi connectivity index (χ4v) is 2.73. The maximum absolute atomic E-state index is 12.6. The van der Waals surface area contributed by atoms with Crippen molar-refractivity contribution in [3.63, 3.8) is 0 Å². The van der Waals surface area contributed by atoms with Crippen LogP contribution in [-0.2, 0) is 9.59 Å². The third-order valence-electron chi connectivity index (χ3n) is 3.80. The molecule has 22 heavy (non-hydrogen) atoms. The highest BCUT2D eigenvalue weighted by atomic mass is 35.5. The summed E-state index contributed by atoms with van der Waals surface area (Å²) in [5.41, 5.74) is -0.822. The summed E-state index contributed by atoms with van der Waals surface area (Å²) in [7, 11) is 0. The first-order valence-corrected chi connectivity index (χ1v) is 7.62. The number of carboxylic acids is 1. The fraction of sp³-hybridized carbons (Fsp3) is 0.500. The van der Waals surface area contributed by atoms with Crippen LogP contribution in [0.4, 0.5) is 0 Å². The van der Waals surface area contributed by atoms with Crippen LogP contribution >= 0.6 is 11.6 Å². The summed E-state index contributed by atoms with van der Waals surface area (Å²) in [5, 5.41) is 9.68. The lowest BCUT2D eigenvalue weighted by Crippen LogP contribution is -2.48. The molecule has 1 aromatic rings. The minimum atomic E-state index is -0.950. The average molecular weight is 326 g/mol. The third kappa shape index (κ3) is 3.53. The summed E-state index contributed by atoms with van der Waals surface area (Å²) in [6.45, 7) is 4.12. The van der Waals surface area contributed by atoms with E-state index in [0.717, 1.165) is 0 Å². The summed E-state index contributed by atoms with van der Waals surface area (Å²) >= 11 is 6.03. The number of nitrogens with zero attached hydrogens (tertiary/aromatic N) is 1. The number of amides is 1. The van der Waals surface area contributed by atoms with Gasteiger partial charge in [-0.2, -0.15) is 0 Å². The standard InChI is InChI=1S/C16H20ClNO4/c1-16(2,10-22-13-8-4-3-6-11(13)17)15(21)18-9-5-7-12(18)14(19)20/h3-4,6,8,12H,5,7,9-10H2,1-2H3,(H,19,20). The molecule has 5 nitrogen and oxygen atoms in total. The van der Waals surface area contributed by atoms with E-state index in [4.69, 9.17) is 16.3 Å². The Balaban J connectivity index is 2.04. The number of carbonyl (C=O) groups excluding carboxylic acids is 1. The molecule has 1 aromatic carbocycles. The van der Waals surface area contributed by atoms with Gasteiger partial charge >= 0.3 is 5.97 Å². The fourth-order valence-electron chi connectivity index (χ4n) is 2.54. The number of likely N-dealkylation sites (tertiary alicyclic amines) is 1. The van der Waals surface area contributed by atoms with E-state index in [1.807, 2.05) is 0 Å². The van der Waals surface area contributed by atoms with Crippen molar-refractivity contribution in [2.75, 3.05) is 13.2 Å². The molecule has 1 aliphatic heterocycles. The molecule has 1 saturated heterocycles. The number of halogens is 1. The molecular formula is C16H20ClNO4. The second-order valence-electron chi connectivity index (χ2n) is 6.10. The van der Waals surface area contributed by atoms with Crippen molar-refractivity contribution in [3.8, 4) is 5.75 Å². The van der Waals surface area contributed by atoms with Crippen LogP contribution in [0.5, 0.6) is 5.75 Å². The summed E-state index contributed by atoms with van der Waals surface area (Å²) in [6, 6.07) is 6.32. The van der Waals surface area contributed by atoms with Gasteiger partial charge in [-0.05, 0) is 38.8 Å². The average Bonchev–Trinajstić information content (AvgIpc) is 2.95. The summed E-state index contributed by atoms with van der Waals surface area (Å²) in [4.78, 5) is 25.3. The zero-order valence-electron chi connectivity index (χ0n) is 12.7. The van der Waals surface area contributed by atoms with E-state index in [0.29, 0.717) is 30.2 Å². The van der Waals surface area contributed by atoms with E-state index in [2.05, 4.69) is 0 Å². The molecule has 1 amide bonds. The number of para-hydroxylation sites is 1. The largest absolute Gasteiger partial charge is 0.491 e. The van der Waals surface area contributed by atoms with Crippen LogP contribution in [0.25, 0.3) is 0 Å². The monoisotopic (exact) mass is 325 g/mol. The number of carbonyl (C=O) groups is 2. The Morgan fingerprint density at radius 3 is 2.73 bits per heavy atom. The molecule has 1 unspecified atom stereocenters. The first-order valence-electron chi connectivity index (χ1n) is 7.24. The van der Waals surface area contributed by atoms with Crippen LogP contribution in [0.15, 0.2) is 24.3 Å². The van der Waals surface area contributed by atoms with Crippen molar-refractivity contribution >= 4 is 23.5 Å². The Labute approximate surface area is 134 Å². The van der Waals surface area contributed by atoms with E-state index in [9.17, 15) is 14.7 Å². The SMILES string of the molecule is CC(C)(COc1ccccc1Cl)C(=O)N1CCCC1C(=O)O. The van der Waals surface area contributed by atoms with Crippen LogP contribution in [0, 0.1) is 5.41 Å². The molecule has 1 fully saturated rings. The molecule has 2 rings (SSSR count). The van der Waals surface area contributed by atoms with Gasteiger partial charge in [0, 0.05) is 6.54 Å². The molecule has 1 atom stereocenters. The highest BCUT2D eigenvalue weighted by molar-refractivity contribution is 6.32. The molecule has 0 aromatic heterocycles. The molecule has 0 saturated carbocycles. The number of benzene rings is 1. The lowest BCUT2D eigenvalue weighted by molar-refractivity contribution is -0.153. The molecule has 0 bridgehead atoms. The Morgan fingerprint density at radius 1 is 1.41 bits per heavy atom. The second kappa shape index (κ2) is 6.57. The lowest BCUT2D eigenvalue weighted by atomic mass is 9.92. The molecule has 120 valence electrons. The van der Waals surface area contributed by atoms with Crippen molar-refractivity contribution in [2.24, 2.45) is 5.41 Å². The van der Waals surface area contributed by atoms with E-state index < -0.39 is 17.4 Å². The Bertz CT molecular complexity index is 573. The molecule has 0 spiro atoms. The molecule has 1 heterocycles. The van der Waals surface area contributed by atoms with Gasteiger partial charge in [0.1, 0.15) is 18.4 Å². The third-order valence-corrected chi connectivity index (χ3v) is 4.12. The number of carboxylic acid groups (broad SMARTS) is 1. The van der Waals surface area contributed by atoms with Gasteiger partial charge < -0.3 is 14.7 Å². The number of ether oxygens (including phenoxy) is 1. The van der Waals surface area contributed by atoms with Gasteiger partial charge in [-0.3, -0.25) is 4.79 Å². The predicted molar refractivity (Wildman–Crippen MR) is 83.1 cm³/mol. The van der Waals surface area contributed by atoms with Gasteiger partial charge in [0.25, 0.3) is 0 Å². The van der Waals surface area contributed by atoms with E-state index in [-0.39, 0.29) is 12.5 Å². The zero-order valence-corrected chi connectivity index (χ0v) is 13.5. The lowest BCUT2D eigenvalue weighted by Gasteiger charge is -2.31. The van der Waals surface area contributed by atoms with Crippen molar-refractivity contribution in [2.45, 2.75) is 32.7 Å². The molecule has 6 heteroatoms. The van der Waals surface area contributed by atoms with Crippen LogP contribution in [0.1, 0.15) is 26.7 Å². The van der Waals surface area contributed by atoms with Crippen LogP contribution in [0.3, 0.4) is 0 Å². The minimum Gasteiger partial charge on any atom is -0.491 e. The van der Waals surface area contributed by atoms with E-state index in [1.54, 1.807) is 38.1 Å². The smallest absolute Gasteiger partial charge is 0.326 e. The Hall–Kier alpha value is -1.75.